The summed E-state index contributed by atoms with van der Waals surface area (Å²) in [5, 5.41) is 9.94. The molecule has 1 unspecified atom stereocenters. The molecule has 0 spiro atoms. The summed E-state index contributed by atoms with van der Waals surface area (Å²) in [5.41, 5.74) is 5.28. The topological polar surface area (TPSA) is 89.3 Å². The Bertz CT molecular complexity index is 1170. The van der Waals surface area contributed by atoms with E-state index in [0.29, 0.717) is 11.5 Å². The molecule has 5 nitrogen and oxygen atoms in total. The van der Waals surface area contributed by atoms with Crippen molar-refractivity contribution < 1.29 is 17.9 Å². The largest absolute Gasteiger partial charge is 0.439 e. The Balaban J connectivity index is 2.10. The van der Waals surface area contributed by atoms with Crippen LogP contribution in [0.3, 0.4) is 0 Å². The number of para-hydroxylation sites is 1. The van der Waals surface area contributed by atoms with Crippen molar-refractivity contribution in [1.29, 1.82) is 5.26 Å². The van der Waals surface area contributed by atoms with Crippen molar-refractivity contribution >= 4 is 11.0 Å². The molecule has 4 rings (SSSR count). The van der Waals surface area contributed by atoms with Gasteiger partial charge in [0.1, 0.15) is 28.9 Å². The molecule has 0 radical (unpaired) electrons. The minimum atomic E-state index is -1.10. The highest BCUT2D eigenvalue weighted by atomic mass is 19.1. The number of fused-ring (bicyclic) bond motifs is 3. The fourth-order valence-corrected chi connectivity index (χ4v) is 3.14. The van der Waals surface area contributed by atoms with Crippen molar-refractivity contribution in [3.63, 3.8) is 0 Å². The molecular formula is C19H10F2N2O3. The van der Waals surface area contributed by atoms with Gasteiger partial charge in [0.2, 0.25) is 5.88 Å². The lowest BCUT2D eigenvalue weighted by Gasteiger charge is -2.26. The Morgan fingerprint density at radius 2 is 1.81 bits per heavy atom. The fraction of sp³-hybridized carbons (Fsp3) is 0.0526. The summed E-state index contributed by atoms with van der Waals surface area (Å²) in [6.45, 7) is 0. The number of halogens is 2. The van der Waals surface area contributed by atoms with E-state index in [9.17, 15) is 18.8 Å². The molecule has 26 heavy (non-hydrogen) atoms. The third kappa shape index (κ3) is 2.31. The minimum absolute atomic E-state index is 0.0283. The minimum Gasteiger partial charge on any atom is -0.439 e. The van der Waals surface area contributed by atoms with Crippen LogP contribution < -0.4 is 16.1 Å². The Labute approximate surface area is 145 Å². The average Bonchev–Trinajstić information content (AvgIpc) is 2.60. The molecule has 7 heteroatoms. The van der Waals surface area contributed by atoms with Gasteiger partial charge in [0.15, 0.2) is 5.75 Å². The standard InChI is InChI=1S/C19H10F2N2O3/c20-10-5-9(6-11(21)7-10)15-13(8-22)18(23)26-17-12-3-1-2-4-14(12)25-19(24)16(15)17/h1-7,15H,23H2. The van der Waals surface area contributed by atoms with Crippen LogP contribution >= 0.6 is 0 Å². The van der Waals surface area contributed by atoms with Gasteiger partial charge in [-0.2, -0.15) is 5.26 Å². The van der Waals surface area contributed by atoms with E-state index in [4.69, 9.17) is 14.9 Å². The van der Waals surface area contributed by atoms with Gasteiger partial charge in [-0.15, -0.1) is 0 Å². The second-order valence-electron chi connectivity index (χ2n) is 5.76. The van der Waals surface area contributed by atoms with Gasteiger partial charge in [0, 0.05) is 6.07 Å². The van der Waals surface area contributed by atoms with E-state index in [2.05, 4.69) is 0 Å². The molecule has 0 saturated carbocycles. The van der Waals surface area contributed by atoms with Crippen molar-refractivity contribution in [2.75, 3.05) is 0 Å². The van der Waals surface area contributed by atoms with Gasteiger partial charge in [0.05, 0.1) is 16.9 Å². The SMILES string of the molecule is N#CC1=C(N)Oc2c(c(=O)oc3ccccc23)C1c1cc(F)cc(F)c1. The molecule has 0 amide bonds. The molecule has 1 atom stereocenters. The second-order valence-corrected chi connectivity index (χ2v) is 5.76. The maximum Gasteiger partial charge on any atom is 0.344 e. The van der Waals surface area contributed by atoms with Gasteiger partial charge in [-0.3, -0.25) is 0 Å². The van der Waals surface area contributed by atoms with E-state index >= 15 is 0 Å². The molecule has 128 valence electrons. The lowest BCUT2D eigenvalue weighted by atomic mass is 9.84. The summed E-state index contributed by atoms with van der Waals surface area (Å²) in [6.07, 6.45) is 0. The van der Waals surface area contributed by atoms with Crippen LogP contribution in [0.15, 0.2) is 63.1 Å². The van der Waals surface area contributed by atoms with Crippen LogP contribution in [0.5, 0.6) is 5.75 Å². The van der Waals surface area contributed by atoms with Crippen LogP contribution in [0.1, 0.15) is 17.0 Å². The molecule has 3 aromatic rings. The van der Waals surface area contributed by atoms with E-state index in [0.717, 1.165) is 12.1 Å². The van der Waals surface area contributed by atoms with Crippen LogP contribution in [0.2, 0.25) is 0 Å². The second kappa shape index (κ2) is 5.70. The van der Waals surface area contributed by atoms with Gasteiger partial charge < -0.3 is 14.9 Å². The Morgan fingerprint density at radius 1 is 1.12 bits per heavy atom. The van der Waals surface area contributed by atoms with Crippen LogP contribution in [0.4, 0.5) is 8.78 Å². The number of hydrogen-bond donors (Lipinski definition) is 1. The van der Waals surface area contributed by atoms with Gasteiger partial charge in [-0.25, -0.2) is 13.6 Å². The van der Waals surface area contributed by atoms with Gasteiger partial charge >= 0.3 is 5.63 Å². The average molecular weight is 352 g/mol. The number of benzene rings is 2. The number of allylic oxidation sites excluding steroid dienone is 1. The summed E-state index contributed by atoms with van der Waals surface area (Å²) in [7, 11) is 0. The molecule has 0 aliphatic carbocycles. The number of rotatable bonds is 1. The molecular weight excluding hydrogens is 342 g/mol. The highest BCUT2D eigenvalue weighted by Gasteiger charge is 2.35. The molecule has 1 aliphatic heterocycles. The third-order valence-corrected chi connectivity index (χ3v) is 4.19. The number of nitriles is 1. The lowest BCUT2D eigenvalue weighted by Crippen LogP contribution is -2.26. The summed E-state index contributed by atoms with van der Waals surface area (Å²) in [6, 6.07) is 11.3. The smallest absolute Gasteiger partial charge is 0.344 e. The molecule has 1 aliphatic rings. The quantitative estimate of drug-likeness (QED) is 0.679. The van der Waals surface area contributed by atoms with Crippen LogP contribution in [-0.2, 0) is 0 Å². The van der Waals surface area contributed by atoms with Crippen molar-refractivity contribution in [1.82, 2.24) is 0 Å². The predicted octanol–water partition coefficient (Wildman–Crippen LogP) is 3.29. The van der Waals surface area contributed by atoms with Crippen molar-refractivity contribution in [3.8, 4) is 11.8 Å². The van der Waals surface area contributed by atoms with Crippen LogP contribution in [0, 0.1) is 23.0 Å². The van der Waals surface area contributed by atoms with Crippen LogP contribution in [-0.4, -0.2) is 0 Å². The van der Waals surface area contributed by atoms with Gasteiger partial charge in [-0.05, 0) is 29.8 Å². The maximum absolute atomic E-state index is 13.7. The Hall–Kier alpha value is -3.66. The van der Waals surface area contributed by atoms with Crippen molar-refractivity contribution in [2.45, 2.75) is 5.92 Å². The van der Waals surface area contributed by atoms with E-state index in [1.54, 1.807) is 24.3 Å². The van der Waals surface area contributed by atoms with E-state index in [1.807, 2.05) is 6.07 Å². The van der Waals surface area contributed by atoms with Crippen molar-refractivity contribution in [2.24, 2.45) is 5.73 Å². The maximum atomic E-state index is 13.7. The first kappa shape index (κ1) is 15.8. The van der Waals surface area contributed by atoms with Crippen molar-refractivity contribution in [3.05, 3.63) is 87.1 Å². The zero-order valence-electron chi connectivity index (χ0n) is 13.1. The van der Waals surface area contributed by atoms with Crippen LogP contribution in [0.25, 0.3) is 11.0 Å². The van der Waals surface area contributed by atoms with Gasteiger partial charge in [-0.1, -0.05) is 12.1 Å². The molecule has 0 saturated heterocycles. The first-order valence-electron chi connectivity index (χ1n) is 7.59. The van der Waals surface area contributed by atoms with E-state index in [-0.39, 0.29) is 33.9 Å². The molecule has 2 heterocycles. The Morgan fingerprint density at radius 3 is 2.50 bits per heavy atom. The summed E-state index contributed by atoms with van der Waals surface area (Å²) < 4.78 is 38.3. The normalized spacial score (nSPS) is 16.1. The highest BCUT2D eigenvalue weighted by Crippen LogP contribution is 2.43. The van der Waals surface area contributed by atoms with E-state index in [1.165, 1.54) is 0 Å². The summed E-state index contributed by atoms with van der Waals surface area (Å²) >= 11 is 0. The predicted molar refractivity (Wildman–Crippen MR) is 88.1 cm³/mol. The number of ether oxygens (including phenoxy) is 1. The molecule has 2 N–H and O–H groups in total. The summed E-state index contributed by atoms with van der Waals surface area (Å²) in [5.74, 6) is -2.90. The third-order valence-electron chi connectivity index (χ3n) is 4.19. The van der Waals surface area contributed by atoms with E-state index < -0.39 is 23.2 Å². The zero-order chi connectivity index (χ0) is 18.4. The molecule has 0 bridgehead atoms. The number of nitrogens with zero attached hydrogens (tertiary/aromatic N) is 1. The molecule has 0 fully saturated rings. The monoisotopic (exact) mass is 352 g/mol. The molecule has 1 aromatic heterocycles. The Kier molecular flexibility index (Phi) is 3.48. The number of hydrogen-bond acceptors (Lipinski definition) is 5. The highest BCUT2D eigenvalue weighted by molar-refractivity contribution is 5.86. The first-order chi connectivity index (χ1) is 12.5. The zero-order valence-corrected chi connectivity index (χ0v) is 13.1. The fourth-order valence-electron chi connectivity index (χ4n) is 3.14. The lowest BCUT2D eigenvalue weighted by molar-refractivity contribution is 0.388. The summed E-state index contributed by atoms with van der Waals surface area (Å²) in [4.78, 5) is 12.6. The molecule has 2 aromatic carbocycles. The first-order valence-corrected chi connectivity index (χ1v) is 7.59. The van der Waals surface area contributed by atoms with Gasteiger partial charge in [0.25, 0.3) is 0 Å². The number of nitrogens with two attached hydrogens (primary N) is 1.